The molecule has 6 nitrogen and oxygen atoms in total. The van der Waals surface area contributed by atoms with E-state index in [-0.39, 0.29) is 16.8 Å². The zero-order valence-electron chi connectivity index (χ0n) is 13.9. The highest BCUT2D eigenvalue weighted by Crippen LogP contribution is 2.23. The zero-order chi connectivity index (χ0) is 17.9. The van der Waals surface area contributed by atoms with Crippen molar-refractivity contribution < 1.29 is 17.9 Å². The molecule has 0 radical (unpaired) electrons. The van der Waals surface area contributed by atoms with Crippen molar-refractivity contribution in [1.29, 1.82) is 0 Å². The van der Waals surface area contributed by atoms with Crippen LogP contribution in [0.4, 0.5) is 5.69 Å². The number of hydrogen-bond acceptors (Lipinski definition) is 4. The molecule has 25 heavy (non-hydrogen) atoms. The Kier molecular flexibility index (Phi) is 5.06. The number of carbonyl (C=O) groups is 1. The van der Waals surface area contributed by atoms with Crippen LogP contribution in [0.15, 0.2) is 53.4 Å². The lowest BCUT2D eigenvalue weighted by Gasteiger charge is -2.09. The van der Waals surface area contributed by atoms with Crippen LogP contribution >= 0.6 is 0 Å². The minimum Gasteiger partial charge on any atom is -0.494 e. The Morgan fingerprint density at radius 2 is 1.88 bits per heavy atom. The van der Waals surface area contributed by atoms with Crippen molar-refractivity contribution in [1.82, 2.24) is 4.72 Å². The molecule has 0 spiro atoms. The third-order valence-electron chi connectivity index (χ3n) is 3.73. The molecule has 7 heteroatoms. The van der Waals surface area contributed by atoms with Gasteiger partial charge in [-0.2, -0.15) is 0 Å². The van der Waals surface area contributed by atoms with Gasteiger partial charge in [0.2, 0.25) is 10.0 Å². The third kappa shape index (κ3) is 4.58. The van der Waals surface area contributed by atoms with Crippen molar-refractivity contribution in [3.05, 3.63) is 54.1 Å². The van der Waals surface area contributed by atoms with Gasteiger partial charge in [0.25, 0.3) is 5.91 Å². The maximum atomic E-state index is 12.3. The second-order valence-corrected chi connectivity index (χ2v) is 7.55. The van der Waals surface area contributed by atoms with Gasteiger partial charge in [0.15, 0.2) is 0 Å². The number of carbonyl (C=O) groups excluding carboxylic acids is 1. The first-order valence-electron chi connectivity index (χ1n) is 8.14. The summed E-state index contributed by atoms with van der Waals surface area (Å²) in [6.07, 6.45) is 1.74. The topological polar surface area (TPSA) is 84.5 Å². The Morgan fingerprint density at radius 3 is 2.52 bits per heavy atom. The third-order valence-corrected chi connectivity index (χ3v) is 5.25. The van der Waals surface area contributed by atoms with E-state index in [4.69, 9.17) is 4.74 Å². The van der Waals surface area contributed by atoms with Gasteiger partial charge in [-0.3, -0.25) is 4.79 Å². The van der Waals surface area contributed by atoms with Gasteiger partial charge in [0.1, 0.15) is 5.75 Å². The van der Waals surface area contributed by atoms with E-state index in [2.05, 4.69) is 10.0 Å². The number of rotatable bonds is 7. The summed E-state index contributed by atoms with van der Waals surface area (Å²) in [7, 11) is -3.55. The molecule has 2 aromatic carbocycles. The summed E-state index contributed by atoms with van der Waals surface area (Å²) in [4.78, 5) is 12.5. The summed E-state index contributed by atoms with van der Waals surface area (Å²) in [6.45, 7) is 2.45. The van der Waals surface area contributed by atoms with E-state index in [1.54, 1.807) is 36.4 Å². The first-order valence-corrected chi connectivity index (χ1v) is 9.63. The molecule has 0 atom stereocenters. The van der Waals surface area contributed by atoms with Crippen molar-refractivity contribution in [2.24, 2.45) is 0 Å². The lowest BCUT2D eigenvalue weighted by Crippen LogP contribution is -2.25. The molecule has 3 rings (SSSR count). The second kappa shape index (κ2) is 7.25. The number of hydrogen-bond donors (Lipinski definition) is 2. The van der Waals surface area contributed by atoms with Crippen LogP contribution in [0.1, 0.15) is 30.1 Å². The highest BCUT2D eigenvalue weighted by atomic mass is 32.2. The van der Waals surface area contributed by atoms with Gasteiger partial charge in [-0.15, -0.1) is 0 Å². The number of nitrogens with one attached hydrogen (secondary N) is 2. The maximum absolute atomic E-state index is 12.3. The second-order valence-electron chi connectivity index (χ2n) is 5.83. The highest BCUT2D eigenvalue weighted by molar-refractivity contribution is 7.89. The lowest BCUT2D eigenvalue weighted by molar-refractivity contribution is 0.102. The largest absolute Gasteiger partial charge is 0.494 e. The monoisotopic (exact) mass is 360 g/mol. The van der Waals surface area contributed by atoms with Crippen LogP contribution in [0, 0.1) is 0 Å². The maximum Gasteiger partial charge on any atom is 0.255 e. The fourth-order valence-electron chi connectivity index (χ4n) is 2.30. The van der Waals surface area contributed by atoms with Gasteiger partial charge in [-0.05, 0) is 62.2 Å². The van der Waals surface area contributed by atoms with Gasteiger partial charge < -0.3 is 10.1 Å². The van der Waals surface area contributed by atoms with Crippen LogP contribution in [0.3, 0.4) is 0 Å². The zero-order valence-corrected chi connectivity index (χ0v) is 14.7. The van der Waals surface area contributed by atoms with Gasteiger partial charge in [0.05, 0.1) is 11.5 Å². The van der Waals surface area contributed by atoms with Crippen LogP contribution in [-0.2, 0) is 10.0 Å². The Balaban J connectivity index is 1.71. The van der Waals surface area contributed by atoms with Crippen LogP contribution < -0.4 is 14.8 Å². The van der Waals surface area contributed by atoms with Crippen LogP contribution in [-0.4, -0.2) is 27.0 Å². The van der Waals surface area contributed by atoms with Crippen molar-refractivity contribution in [3.63, 3.8) is 0 Å². The highest BCUT2D eigenvalue weighted by Gasteiger charge is 2.28. The van der Waals surface area contributed by atoms with Crippen LogP contribution in [0.2, 0.25) is 0 Å². The van der Waals surface area contributed by atoms with Crippen LogP contribution in [0.25, 0.3) is 0 Å². The Morgan fingerprint density at radius 1 is 1.16 bits per heavy atom. The Labute approximate surface area is 147 Å². The van der Waals surface area contributed by atoms with Crippen molar-refractivity contribution >= 4 is 21.6 Å². The molecule has 1 saturated carbocycles. The number of sulfonamides is 1. The first-order chi connectivity index (χ1) is 12.0. The van der Waals surface area contributed by atoms with Crippen molar-refractivity contribution in [2.45, 2.75) is 30.7 Å². The molecular weight excluding hydrogens is 340 g/mol. The number of anilines is 1. The Hall–Kier alpha value is -2.38. The molecule has 132 valence electrons. The quantitative estimate of drug-likeness (QED) is 0.795. The standard InChI is InChI=1S/C18H20N2O4S/c1-2-24-16-10-6-13(7-11-16)18(21)19-15-4-3-5-17(12-15)25(22,23)20-14-8-9-14/h3-7,10-12,14,20H,2,8-9H2,1H3,(H,19,21). The molecule has 1 fully saturated rings. The van der Waals surface area contributed by atoms with E-state index in [1.807, 2.05) is 6.92 Å². The minimum absolute atomic E-state index is 0.0344. The average molecular weight is 360 g/mol. The Bertz CT molecular complexity index is 859. The van der Waals surface area contributed by atoms with E-state index >= 15 is 0 Å². The molecule has 0 aromatic heterocycles. The van der Waals surface area contributed by atoms with Crippen molar-refractivity contribution in [2.75, 3.05) is 11.9 Å². The fraction of sp³-hybridized carbons (Fsp3) is 0.278. The molecule has 0 saturated heterocycles. The summed E-state index contributed by atoms with van der Waals surface area (Å²) in [5, 5.41) is 2.72. The summed E-state index contributed by atoms with van der Waals surface area (Å²) in [6, 6.07) is 13.0. The number of ether oxygens (including phenoxy) is 1. The van der Waals surface area contributed by atoms with E-state index < -0.39 is 10.0 Å². The summed E-state index contributed by atoms with van der Waals surface area (Å²) in [5.74, 6) is 0.381. The molecule has 1 aliphatic carbocycles. The van der Waals surface area contributed by atoms with E-state index in [1.165, 1.54) is 12.1 Å². The lowest BCUT2D eigenvalue weighted by atomic mass is 10.2. The molecule has 0 aliphatic heterocycles. The van der Waals surface area contributed by atoms with Gasteiger partial charge in [0, 0.05) is 17.3 Å². The van der Waals surface area contributed by atoms with Gasteiger partial charge >= 0.3 is 0 Å². The smallest absolute Gasteiger partial charge is 0.255 e. The molecule has 2 aromatic rings. The molecule has 1 amide bonds. The SMILES string of the molecule is CCOc1ccc(C(=O)Nc2cccc(S(=O)(=O)NC3CC3)c2)cc1. The van der Waals surface area contributed by atoms with E-state index in [9.17, 15) is 13.2 Å². The molecule has 1 aliphatic rings. The summed E-state index contributed by atoms with van der Waals surface area (Å²) in [5.41, 5.74) is 0.894. The summed E-state index contributed by atoms with van der Waals surface area (Å²) < 4.78 is 32.5. The minimum atomic E-state index is -3.55. The number of amides is 1. The van der Waals surface area contributed by atoms with E-state index in [0.717, 1.165) is 12.8 Å². The van der Waals surface area contributed by atoms with Gasteiger partial charge in [-0.1, -0.05) is 6.07 Å². The molecule has 2 N–H and O–H groups in total. The van der Waals surface area contributed by atoms with Crippen molar-refractivity contribution in [3.8, 4) is 5.75 Å². The predicted octanol–water partition coefficient (Wildman–Crippen LogP) is 2.78. The van der Waals surface area contributed by atoms with Crippen LogP contribution in [0.5, 0.6) is 5.75 Å². The van der Waals surface area contributed by atoms with E-state index in [0.29, 0.717) is 23.6 Å². The molecule has 0 unspecified atom stereocenters. The predicted molar refractivity (Wildman–Crippen MR) is 95.3 cm³/mol. The molecular formula is C18H20N2O4S. The average Bonchev–Trinajstić information content (AvgIpc) is 3.39. The molecule has 0 bridgehead atoms. The first kappa shape index (κ1) is 17.4. The normalized spacial score (nSPS) is 14.1. The number of benzene rings is 2. The van der Waals surface area contributed by atoms with Gasteiger partial charge in [-0.25, -0.2) is 13.1 Å². The summed E-state index contributed by atoms with van der Waals surface area (Å²) >= 11 is 0. The molecule has 0 heterocycles. The fourth-order valence-corrected chi connectivity index (χ4v) is 3.65.